The molecule has 0 atom stereocenters. The summed E-state index contributed by atoms with van der Waals surface area (Å²) in [5.41, 5.74) is 6.42. The molecular weight excluding hydrogens is 434 g/mol. The van der Waals surface area contributed by atoms with Crippen molar-refractivity contribution in [3.8, 4) is 16.8 Å². The highest BCUT2D eigenvalue weighted by atomic mass is 35.5. The molecule has 0 bridgehead atoms. The van der Waals surface area contributed by atoms with E-state index in [9.17, 15) is 4.79 Å². The lowest BCUT2D eigenvalue weighted by atomic mass is 10.0. The van der Waals surface area contributed by atoms with Crippen LogP contribution in [0.4, 0.5) is 0 Å². The zero-order valence-electron chi connectivity index (χ0n) is 18.1. The van der Waals surface area contributed by atoms with Gasteiger partial charge in [0.2, 0.25) is 5.90 Å². The number of ether oxygens (including phenoxy) is 1. The van der Waals surface area contributed by atoms with Crippen LogP contribution in [-0.4, -0.2) is 21.6 Å². The largest absolute Gasteiger partial charge is 0.402 e. The van der Waals surface area contributed by atoms with Crippen molar-refractivity contribution >= 4 is 29.5 Å². The maximum absolute atomic E-state index is 12.5. The van der Waals surface area contributed by atoms with E-state index in [4.69, 9.17) is 16.3 Å². The molecule has 6 heteroatoms. The first-order valence-electron chi connectivity index (χ1n) is 10.5. The van der Waals surface area contributed by atoms with Crippen LogP contribution in [0.3, 0.4) is 0 Å². The molecule has 0 saturated heterocycles. The van der Waals surface area contributed by atoms with Crippen LogP contribution in [0.15, 0.2) is 89.6 Å². The van der Waals surface area contributed by atoms with Crippen LogP contribution in [-0.2, 0) is 9.53 Å². The molecule has 0 amide bonds. The van der Waals surface area contributed by atoms with Crippen molar-refractivity contribution < 1.29 is 9.53 Å². The van der Waals surface area contributed by atoms with Crippen molar-refractivity contribution in [1.29, 1.82) is 0 Å². The van der Waals surface area contributed by atoms with Crippen molar-refractivity contribution in [2.24, 2.45) is 4.99 Å². The van der Waals surface area contributed by atoms with Crippen LogP contribution in [0.5, 0.6) is 0 Å². The fraction of sp³-hybridized carbons (Fsp3) is 0.0741. The summed E-state index contributed by atoms with van der Waals surface area (Å²) < 4.78 is 7.08. The predicted octanol–water partition coefficient (Wildman–Crippen LogP) is 6.15. The number of nitrogens with zero attached hydrogens (tertiary/aromatic N) is 3. The Hall–Kier alpha value is -3.96. The second-order valence-corrected chi connectivity index (χ2v) is 8.17. The van der Waals surface area contributed by atoms with E-state index in [0.717, 1.165) is 27.9 Å². The Bertz CT molecular complexity index is 1400. The fourth-order valence-electron chi connectivity index (χ4n) is 3.64. The minimum Gasteiger partial charge on any atom is -0.402 e. The van der Waals surface area contributed by atoms with Gasteiger partial charge in [-0.2, -0.15) is 5.10 Å². The summed E-state index contributed by atoms with van der Waals surface area (Å²) in [5.74, 6) is -0.249. The number of carbonyl (C=O) groups is 1. The Morgan fingerprint density at radius 1 is 0.848 bits per heavy atom. The molecule has 4 aromatic rings. The molecule has 2 heterocycles. The monoisotopic (exact) mass is 453 g/mol. The van der Waals surface area contributed by atoms with Gasteiger partial charge >= 0.3 is 5.97 Å². The average molecular weight is 454 g/mol. The van der Waals surface area contributed by atoms with Crippen LogP contribution in [0.1, 0.15) is 22.4 Å². The van der Waals surface area contributed by atoms with Gasteiger partial charge in [-0.05, 0) is 55.3 Å². The third-order valence-corrected chi connectivity index (χ3v) is 5.83. The van der Waals surface area contributed by atoms with Gasteiger partial charge in [0, 0.05) is 11.1 Å². The number of halogens is 1. The molecule has 1 aliphatic heterocycles. The topological polar surface area (TPSA) is 56.5 Å². The van der Waals surface area contributed by atoms with Crippen LogP contribution >= 0.6 is 11.6 Å². The zero-order valence-corrected chi connectivity index (χ0v) is 18.9. The minimum absolute atomic E-state index is 0.186. The van der Waals surface area contributed by atoms with Gasteiger partial charge in [0.1, 0.15) is 5.15 Å². The molecule has 5 nitrogen and oxygen atoms in total. The van der Waals surface area contributed by atoms with E-state index in [1.165, 1.54) is 0 Å². The highest BCUT2D eigenvalue weighted by Gasteiger charge is 2.25. The molecular formula is C27H20ClN3O2. The number of aliphatic imine (C=N–C) groups is 1. The first-order valence-corrected chi connectivity index (χ1v) is 10.9. The molecule has 0 spiro atoms. The van der Waals surface area contributed by atoms with Gasteiger partial charge in [-0.25, -0.2) is 14.5 Å². The number of aryl methyl sites for hydroxylation is 2. The fourth-order valence-corrected chi connectivity index (χ4v) is 3.96. The van der Waals surface area contributed by atoms with E-state index in [-0.39, 0.29) is 11.6 Å². The second-order valence-electron chi connectivity index (χ2n) is 7.82. The third kappa shape index (κ3) is 4.11. The van der Waals surface area contributed by atoms with Gasteiger partial charge in [0.05, 0.1) is 11.4 Å². The summed E-state index contributed by atoms with van der Waals surface area (Å²) in [7, 11) is 0. The summed E-state index contributed by atoms with van der Waals surface area (Å²) in [6, 6.07) is 25.7. The van der Waals surface area contributed by atoms with Crippen molar-refractivity contribution in [1.82, 2.24) is 9.78 Å². The summed E-state index contributed by atoms with van der Waals surface area (Å²) in [5, 5.41) is 4.94. The molecule has 5 rings (SSSR count). The standard InChI is InChI=1S/C27H20ClN3O2/c1-17-8-14-22(15-9-17)31-25(28)23(18(2)30-31)16-24-27(32)33-26(29-24)21-12-10-20(11-13-21)19-6-4-3-5-7-19/h3-16H,1-2H3/b24-16-. The maximum Gasteiger partial charge on any atom is 0.363 e. The molecule has 0 N–H and O–H groups in total. The molecule has 1 aliphatic rings. The zero-order chi connectivity index (χ0) is 22.9. The van der Waals surface area contributed by atoms with E-state index >= 15 is 0 Å². The Morgan fingerprint density at radius 3 is 2.18 bits per heavy atom. The van der Waals surface area contributed by atoms with Gasteiger partial charge in [-0.15, -0.1) is 0 Å². The minimum atomic E-state index is -0.518. The number of aromatic nitrogens is 2. The maximum atomic E-state index is 12.5. The Morgan fingerprint density at radius 2 is 1.48 bits per heavy atom. The van der Waals surface area contributed by atoms with E-state index in [2.05, 4.69) is 10.1 Å². The summed E-state index contributed by atoms with van der Waals surface area (Å²) in [6.45, 7) is 3.86. The van der Waals surface area contributed by atoms with Gasteiger partial charge < -0.3 is 4.74 Å². The first-order chi connectivity index (χ1) is 16.0. The van der Waals surface area contributed by atoms with E-state index < -0.39 is 5.97 Å². The molecule has 0 unspecified atom stereocenters. The number of carbonyl (C=O) groups excluding carboxylic acids is 1. The van der Waals surface area contributed by atoms with Crippen molar-refractivity contribution in [2.45, 2.75) is 13.8 Å². The van der Waals surface area contributed by atoms with Crippen LogP contribution in [0, 0.1) is 13.8 Å². The van der Waals surface area contributed by atoms with Crippen molar-refractivity contribution in [3.63, 3.8) is 0 Å². The lowest BCUT2D eigenvalue weighted by Crippen LogP contribution is -2.05. The Labute approximate surface area is 196 Å². The number of esters is 1. The lowest BCUT2D eigenvalue weighted by molar-refractivity contribution is -0.129. The molecule has 33 heavy (non-hydrogen) atoms. The summed E-state index contributed by atoms with van der Waals surface area (Å²) >= 11 is 6.61. The van der Waals surface area contributed by atoms with Crippen molar-refractivity contribution in [3.05, 3.63) is 112 Å². The highest BCUT2D eigenvalue weighted by Crippen LogP contribution is 2.28. The predicted molar refractivity (Wildman–Crippen MR) is 131 cm³/mol. The van der Waals surface area contributed by atoms with Gasteiger partial charge in [-0.1, -0.05) is 71.8 Å². The molecule has 162 valence electrons. The van der Waals surface area contributed by atoms with Crippen molar-refractivity contribution in [2.75, 3.05) is 0 Å². The van der Waals surface area contributed by atoms with E-state index in [1.54, 1.807) is 10.8 Å². The number of hydrogen-bond donors (Lipinski definition) is 0. The second kappa shape index (κ2) is 8.52. The number of cyclic esters (lactones) is 1. The molecule has 0 fully saturated rings. The lowest BCUT2D eigenvalue weighted by Gasteiger charge is -2.03. The van der Waals surface area contributed by atoms with Gasteiger partial charge in [-0.3, -0.25) is 0 Å². The normalized spacial score (nSPS) is 14.5. The van der Waals surface area contributed by atoms with E-state index in [0.29, 0.717) is 16.4 Å². The third-order valence-electron chi connectivity index (χ3n) is 5.47. The first kappa shape index (κ1) is 20.9. The van der Waals surface area contributed by atoms with Crippen LogP contribution in [0.2, 0.25) is 5.15 Å². The van der Waals surface area contributed by atoms with Gasteiger partial charge in [0.15, 0.2) is 5.70 Å². The molecule has 0 aliphatic carbocycles. The summed E-state index contributed by atoms with van der Waals surface area (Å²) in [6.07, 6.45) is 1.63. The van der Waals surface area contributed by atoms with Gasteiger partial charge in [0.25, 0.3) is 0 Å². The number of hydrogen-bond acceptors (Lipinski definition) is 4. The SMILES string of the molecule is Cc1ccc(-n2nc(C)c(/C=C3\N=C(c4ccc(-c5ccccc5)cc4)OC3=O)c2Cl)cc1. The average Bonchev–Trinajstić information content (AvgIpc) is 3.35. The quantitative estimate of drug-likeness (QED) is 0.275. The van der Waals surface area contributed by atoms with Crippen LogP contribution in [0.25, 0.3) is 22.9 Å². The summed E-state index contributed by atoms with van der Waals surface area (Å²) in [4.78, 5) is 16.9. The van der Waals surface area contributed by atoms with Crippen LogP contribution < -0.4 is 0 Å². The Balaban J connectivity index is 1.45. The molecule has 1 aromatic heterocycles. The molecule has 3 aromatic carbocycles. The number of rotatable bonds is 4. The number of benzene rings is 3. The van der Waals surface area contributed by atoms with E-state index in [1.807, 2.05) is 92.7 Å². The Kier molecular flexibility index (Phi) is 5.40. The molecule has 0 saturated carbocycles. The highest BCUT2D eigenvalue weighted by molar-refractivity contribution is 6.31. The molecule has 0 radical (unpaired) electrons. The smallest absolute Gasteiger partial charge is 0.363 e.